The zero-order valence-electron chi connectivity index (χ0n) is 15.7. The van der Waals surface area contributed by atoms with Crippen molar-refractivity contribution >= 4 is 23.4 Å². The standard InChI is InChI=1S/C20H12F6N2O4/c21-19(22,23)11-8-12(20(24,25)26)10-14(9-11)28-18(30)27-13-3-5-15(6-4-13)32-17(29)16-2-1-7-31-16/h1-10H,(H2,27,28,30). The summed E-state index contributed by atoms with van der Waals surface area (Å²) >= 11 is 0. The van der Waals surface area contributed by atoms with E-state index in [1.54, 1.807) is 0 Å². The monoisotopic (exact) mass is 458 g/mol. The molecule has 0 aliphatic carbocycles. The number of ether oxygens (including phenoxy) is 1. The molecule has 0 aliphatic rings. The van der Waals surface area contributed by atoms with Gasteiger partial charge in [0.1, 0.15) is 5.75 Å². The van der Waals surface area contributed by atoms with Crippen LogP contribution in [0, 0.1) is 0 Å². The van der Waals surface area contributed by atoms with Crippen molar-refractivity contribution in [2.24, 2.45) is 0 Å². The van der Waals surface area contributed by atoms with E-state index in [0.717, 1.165) is 0 Å². The van der Waals surface area contributed by atoms with Gasteiger partial charge in [0.05, 0.1) is 17.4 Å². The predicted molar refractivity (Wildman–Crippen MR) is 99.2 cm³/mol. The third kappa shape index (κ3) is 5.80. The number of anilines is 2. The Kier molecular flexibility index (Phi) is 6.14. The van der Waals surface area contributed by atoms with Crippen molar-refractivity contribution in [1.29, 1.82) is 0 Å². The van der Waals surface area contributed by atoms with Crippen LogP contribution < -0.4 is 15.4 Å². The van der Waals surface area contributed by atoms with Crippen LogP contribution >= 0.6 is 0 Å². The highest BCUT2D eigenvalue weighted by molar-refractivity contribution is 6.00. The van der Waals surface area contributed by atoms with Crippen LogP contribution in [0.5, 0.6) is 5.75 Å². The number of carbonyl (C=O) groups is 2. The fraction of sp³-hybridized carbons (Fsp3) is 0.100. The number of amides is 2. The molecule has 1 heterocycles. The minimum atomic E-state index is -5.04. The zero-order chi connectivity index (χ0) is 23.5. The van der Waals surface area contributed by atoms with Crippen LogP contribution in [-0.2, 0) is 12.4 Å². The van der Waals surface area contributed by atoms with E-state index in [9.17, 15) is 35.9 Å². The van der Waals surface area contributed by atoms with E-state index in [0.29, 0.717) is 12.1 Å². The van der Waals surface area contributed by atoms with Gasteiger partial charge in [-0.15, -0.1) is 0 Å². The van der Waals surface area contributed by atoms with Gasteiger partial charge in [0, 0.05) is 11.4 Å². The van der Waals surface area contributed by atoms with Crippen molar-refractivity contribution in [1.82, 2.24) is 0 Å². The minimum absolute atomic E-state index is 0.0362. The lowest BCUT2D eigenvalue weighted by atomic mass is 10.1. The van der Waals surface area contributed by atoms with E-state index in [1.807, 2.05) is 5.32 Å². The van der Waals surface area contributed by atoms with Crippen LogP contribution in [0.15, 0.2) is 65.3 Å². The van der Waals surface area contributed by atoms with E-state index in [2.05, 4.69) is 5.32 Å². The summed E-state index contributed by atoms with van der Waals surface area (Å²) in [4.78, 5) is 23.8. The van der Waals surface area contributed by atoms with Crippen LogP contribution in [0.1, 0.15) is 21.7 Å². The third-order valence-corrected chi connectivity index (χ3v) is 3.89. The molecule has 0 saturated carbocycles. The molecule has 2 N–H and O–H groups in total. The van der Waals surface area contributed by atoms with Crippen LogP contribution in [0.3, 0.4) is 0 Å². The van der Waals surface area contributed by atoms with Crippen molar-refractivity contribution in [3.8, 4) is 5.75 Å². The molecule has 0 fully saturated rings. The maximum atomic E-state index is 12.9. The Morgan fingerprint density at radius 3 is 1.84 bits per heavy atom. The van der Waals surface area contributed by atoms with Gasteiger partial charge in [0.2, 0.25) is 5.76 Å². The maximum absolute atomic E-state index is 12.9. The normalized spacial score (nSPS) is 11.7. The highest BCUT2D eigenvalue weighted by Gasteiger charge is 2.37. The molecule has 32 heavy (non-hydrogen) atoms. The number of benzene rings is 2. The third-order valence-electron chi connectivity index (χ3n) is 3.89. The molecule has 2 amide bonds. The number of hydrogen-bond donors (Lipinski definition) is 2. The second kappa shape index (κ2) is 8.65. The van der Waals surface area contributed by atoms with Gasteiger partial charge in [-0.05, 0) is 54.6 Å². The topological polar surface area (TPSA) is 80.6 Å². The number of urea groups is 1. The first-order valence-electron chi connectivity index (χ1n) is 8.65. The number of nitrogens with one attached hydrogen (secondary N) is 2. The molecule has 3 rings (SSSR count). The van der Waals surface area contributed by atoms with E-state index in [-0.39, 0.29) is 23.3 Å². The summed E-state index contributed by atoms with van der Waals surface area (Å²) < 4.78 is 87.3. The molecule has 6 nitrogen and oxygen atoms in total. The van der Waals surface area contributed by atoms with Crippen molar-refractivity contribution in [2.75, 3.05) is 10.6 Å². The second-order valence-electron chi connectivity index (χ2n) is 6.26. The van der Waals surface area contributed by atoms with Gasteiger partial charge in [-0.2, -0.15) is 26.3 Å². The van der Waals surface area contributed by atoms with Gasteiger partial charge in [-0.25, -0.2) is 9.59 Å². The van der Waals surface area contributed by atoms with Crippen LogP contribution in [0.2, 0.25) is 0 Å². The first-order valence-corrected chi connectivity index (χ1v) is 8.65. The van der Waals surface area contributed by atoms with Crippen molar-refractivity contribution in [3.63, 3.8) is 0 Å². The molecule has 2 aromatic carbocycles. The zero-order valence-corrected chi connectivity index (χ0v) is 15.7. The highest BCUT2D eigenvalue weighted by Crippen LogP contribution is 2.37. The number of carbonyl (C=O) groups excluding carboxylic acids is 2. The number of alkyl halides is 6. The van der Waals surface area contributed by atoms with Gasteiger partial charge in [0.25, 0.3) is 0 Å². The van der Waals surface area contributed by atoms with E-state index >= 15 is 0 Å². The molecule has 0 aliphatic heterocycles. The molecule has 0 saturated heterocycles. The second-order valence-corrected chi connectivity index (χ2v) is 6.26. The smallest absolute Gasteiger partial charge is 0.416 e. The summed E-state index contributed by atoms with van der Waals surface area (Å²) in [6, 6.07) is 7.73. The predicted octanol–water partition coefficient (Wildman–Crippen LogP) is 6.18. The average molecular weight is 458 g/mol. The molecule has 168 valence electrons. The Morgan fingerprint density at radius 1 is 0.781 bits per heavy atom. The Hall–Kier alpha value is -3.96. The molecular weight excluding hydrogens is 446 g/mol. The lowest BCUT2D eigenvalue weighted by Gasteiger charge is -2.15. The first-order chi connectivity index (χ1) is 14.9. The number of hydrogen-bond acceptors (Lipinski definition) is 4. The summed E-state index contributed by atoms with van der Waals surface area (Å²) in [5, 5.41) is 4.18. The SMILES string of the molecule is O=C(Nc1ccc(OC(=O)c2ccco2)cc1)Nc1cc(C(F)(F)F)cc(C(F)(F)F)c1. The number of rotatable bonds is 4. The van der Waals surface area contributed by atoms with Crippen LogP contribution in [-0.4, -0.2) is 12.0 Å². The molecule has 0 spiro atoms. The lowest BCUT2D eigenvalue weighted by Crippen LogP contribution is -2.20. The Labute approximate surface area is 175 Å². The number of esters is 1. The highest BCUT2D eigenvalue weighted by atomic mass is 19.4. The Morgan fingerprint density at radius 2 is 1.34 bits per heavy atom. The molecular formula is C20H12F6N2O4. The van der Waals surface area contributed by atoms with Crippen molar-refractivity contribution in [2.45, 2.75) is 12.4 Å². The number of furan rings is 1. The van der Waals surface area contributed by atoms with Crippen LogP contribution in [0.4, 0.5) is 42.5 Å². The molecule has 12 heteroatoms. The lowest BCUT2D eigenvalue weighted by molar-refractivity contribution is -0.143. The fourth-order valence-electron chi connectivity index (χ4n) is 2.48. The minimum Gasteiger partial charge on any atom is -0.457 e. The quantitative estimate of drug-likeness (QED) is 0.278. The summed E-state index contributed by atoms with van der Waals surface area (Å²) in [5.74, 6) is -0.700. The maximum Gasteiger partial charge on any atom is 0.416 e. The van der Waals surface area contributed by atoms with E-state index < -0.39 is 41.2 Å². The van der Waals surface area contributed by atoms with Gasteiger partial charge in [-0.1, -0.05) is 0 Å². The number of halogens is 6. The Bertz CT molecular complexity index is 1070. The summed E-state index contributed by atoms with van der Waals surface area (Å²) in [7, 11) is 0. The average Bonchev–Trinajstić information content (AvgIpc) is 3.23. The summed E-state index contributed by atoms with van der Waals surface area (Å²) in [5.41, 5.74) is -3.70. The summed E-state index contributed by atoms with van der Waals surface area (Å²) in [6.07, 6.45) is -8.81. The molecule has 0 radical (unpaired) electrons. The molecule has 1 aromatic heterocycles. The van der Waals surface area contributed by atoms with Crippen molar-refractivity contribution in [3.05, 3.63) is 77.7 Å². The first kappa shape index (κ1) is 22.7. The molecule has 3 aromatic rings. The molecule has 0 atom stereocenters. The van der Waals surface area contributed by atoms with Crippen molar-refractivity contribution < 1.29 is 45.1 Å². The fourth-order valence-corrected chi connectivity index (χ4v) is 2.48. The van der Waals surface area contributed by atoms with Gasteiger partial charge in [0.15, 0.2) is 0 Å². The van der Waals surface area contributed by atoms with E-state index in [1.165, 1.54) is 42.7 Å². The summed E-state index contributed by atoms with van der Waals surface area (Å²) in [6.45, 7) is 0. The molecule has 0 bridgehead atoms. The van der Waals surface area contributed by atoms with E-state index in [4.69, 9.17) is 9.15 Å². The Balaban J connectivity index is 1.68. The largest absolute Gasteiger partial charge is 0.457 e. The molecule has 0 unspecified atom stereocenters. The van der Waals surface area contributed by atoms with Gasteiger partial charge >= 0.3 is 24.4 Å². The van der Waals surface area contributed by atoms with Gasteiger partial charge < -0.3 is 19.8 Å². The van der Waals surface area contributed by atoms with Gasteiger partial charge in [-0.3, -0.25) is 0 Å². The van der Waals surface area contributed by atoms with Crippen LogP contribution in [0.25, 0.3) is 0 Å².